The predicted octanol–water partition coefficient (Wildman–Crippen LogP) is 2.34. The summed E-state index contributed by atoms with van der Waals surface area (Å²) in [6, 6.07) is 4.42. The van der Waals surface area contributed by atoms with Crippen LogP contribution in [0.15, 0.2) is 12.1 Å². The quantitative estimate of drug-likeness (QED) is 0.879. The molecule has 5 heteroatoms. The maximum atomic E-state index is 11.4. The zero-order chi connectivity index (χ0) is 13.7. The van der Waals surface area contributed by atoms with Gasteiger partial charge in [0.2, 0.25) is 5.91 Å². The molecule has 3 atom stereocenters. The molecule has 3 heterocycles. The monoisotopic (exact) mass is 291 g/mol. The summed E-state index contributed by atoms with van der Waals surface area (Å²) in [5, 5.41) is 7.16. The first-order valence-corrected chi connectivity index (χ1v) is 7.68. The number of piperidine rings is 1. The van der Waals surface area contributed by atoms with Gasteiger partial charge in [-0.3, -0.25) is 4.79 Å². The van der Waals surface area contributed by atoms with Crippen LogP contribution in [0.1, 0.15) is 18.4 Å². The van der Waals surface area contributed by atoms with E-state index < -0.39 is 0 Å². The first-order chi connectivity index (χ1) is 9.69. The normalized spacial score (nSPS) is 31.1. The minimum Gasteiger partial charge on any atom is -0.381 e. The Hall–Kier alpha value is -1.26. The molecular formula is C15H18ClN3O. The zero-order valence-corrected chi connectivity index (χ0v) is 12.0. The van der Waals surface area contributed by atoms with Gasteiger partial charge < -0.3 is 15.5 Å². The van der Waals surface area contributed by atoms with Gasteiger partial charge in [0.25, 0.3) is 0 Å². The molecule has 0 radical (unpaired) electrons. The van der Waals surface area contributed by atoms with E-state index in [1.165, 1.54) is 32.5 Å². The van der Waals surface area contributed by atoms with Crippen LogP contribution >= 0.6 is 11.6 Å². The number of anilines is 2. The highest BCUT2D eigenvalue weighted by Gasteiger charge is 2.34. The standard InChI is InChI=1S/C15H18ClN3O/c16-11-7-13-10(6-15(20)18-13)5-14(11)17-12-2-4-19-3-1-9(12)8-19/h5,7,9,12,17H,1-4,6,8H2,(H,18,20). The van der Waals surface area contributed by atoms with E-state index in [1.54, 1.807) is 0 Å². The summed E-state index contributed by atoms with van der Waals surface area (Å²) in [6.07, 6.45) is 2.92. The van der Waals surface area contributed by atoms with Crippen molar-refractivity contribution in [2.45, 2.75) is 25.3 Å². The second-order valence-electron chi connectivity index (χ2n) is 6.10. The van der Waals surface area contributed by atoms with E-state index in [2.05, 4.69) is 15.5 Å². The zero-order valence-electron chi connectivity index (χ0n) is 11.3. The number of carbonyl (C=O) groups is 1. The molecular weight excluding hydrogens is 274 g/mol. The van der Waals surface area contributed by atoms with Crippen LogP contribution in [0.3, 0.4) is 0 Å². The van der Waals surface area contributed by atoms with Crippen molar-refractivity contribution in [1.82, 2.24) is 4.90 Å². The summed E-state index contributed by atoms with van der Waals surface area (Å²) < 4.78 is 0. The van der Waals surface area contributed by atoms with Crippen molar-refractivity contribution in [2.24, 2.45) is 5.92 Å². The molecule has 0 spiro atoms. The molecule has 2 N–H and O–H groups in total. The van der Waals surface area contributed by atoms with Crippen molar-refractivity contribution in [3.63, 3.8) is 0 Å². The van der Waals surface area contributed by atoms with E-state index in [4.69, 9.17) is 11.6 Å². The molecule has 1 aromatic rings. The van der Waals surface area contributed by atoms with Crippen molar-refractivity contribution < 1.29 is 4.79 Å². The Kier molecular flexibility index (Phi) is 2.89. The highest BCUT2D eigenvalue weighted by atomic mass is 35.5. The number of rotatable bonds is 2. The van der Waals surface area contributed by atoms with Gasteiger partial charge in [0.05, 0.1) is 17.1 Å². The van der Waals surface area contributed by atoms with Crippen LogP contribution in [0.5, 0.6) is 0 Å². The van der Waals surface area contributed by atoms with Gasteiger partial charge in [-0.05, 0) is 43.0 Å². The third-order valence-electron chi connectivity index (χ3n) is 4.79. The first-order valence-electron chi connectivity index (χ1n) is 7.30. The van der Waals surface area contributed by atoms with Crippen LogP contribution in [0.2, 0.25) is 5.02 Å². The molecule has 3 aliphatic rings. The Morgan fingerprint density at radius 2 is 2.15 bits per heavy atom. The summed E-state index contributed by atoms with van der Waals surface area (Å²) in [5.41, 5.74) is 2.89. The summed E-state index contributed by atoms with van der Waals surface area (Å²) in [7, 11) is 0. The predicted molar refractivity (Wildman–Crippen MR) is 80.4 cm³/mol. The topological polar surface area (TPSA) is 44.4 Å². The van der Waals surface area contributed by atoms with Crippen LogP contribution in [-0.2, 0) is 11.2 Å². The lowest BCUT2D eigenvalue weighted by atomic mass is 9.94. The van der Waals surface area contributed by atoms with Crippen LogP contribution in [0.25, 0.3) is 0 Å². The van der Waals surface area contributed by atoms with Crippen molar-refractivity contribution in [3.05, 3.63) is 22.7 Å². The molecule has 3 aliphatic heterocycles. The maximum absolute atomic E-state index is 11.4. The summed E-state index contributed by atoms with van der Waals surface area (Å²) in [6.45, 7) is 3.62. The molecule has 20 heavy (non-hydrogen) atoms. The fraction of sp³-hybridized carbons (Fsp3) is 0.533. The lowest BCUT2D eigenvalue weighted by Gasteiger charge is -2.32. The van der Waals surface area contributed by atoms with Crippen molar-refractivity contribution in [2.75, 3.05) is 30.3 Å². The third-order valence-corrected chi connectivity index (χ3v) is 5.11. The summed E-state index contributed by atoms with van der Waals surface area (Å²) in [5.74, 6) is 0.783. The number of hydrogen-bond acceptors (Lipinski definition) is 3. The van der Waals surface area contributed by atoms with Gasteiger partial charge in [-0.2, -0.15) is 0 Å². The van der Waals surface area contributed by atoms with E-state index in [0.717, 1.165) is 22.9 Å². The van der Waals surface area contributed by atoms with E-state index >= 15 is 0 Å². The number of hydrogen-bond donors (Lipinski definition) is 2. The average Bonchev–Trinajstić information content (AvgIpc) is 2.96. The van der Waals surface area contributed by atoms with Crippen LogP contribution in [-0.4, -0.2) is 36.5 Å². The highest BCUT2D eigenvalue weighted by Crippen LogP contribution is 2.36. The van der Waals surface area contributed by atoms with E-state index in [-0.39, 0.29) is 5.91 Å². The minimum absolute atomic E-state index is 0.0531. The molecule has 0 saturated carbocycles. The average molecular weight is 292 g/mol. The number of benzene rings is 1. The number of nitrogens with one attached hydrogen (secondary N) is 2. The SMILES string of the molecule is O=C1Cc2cc(NC3CCN4CCC3C4)c(Cl)cc2N1. The van der Waals surface area contributed by atoms with Gasteiger partial charge in [-0.1, -0.05) is 11.6 Å². The van der Waals surface area contributed by atoms with Gasteiger partial charge in [0.1, 0.15) is 0 Å². The maximum Gasteiger partial charge on any atom is 0.228 e. The second kappa shape index (κ2) is 4.64. The first kappa shape index (κ1) is 12.5. The highest BCUT2D eigenvalue weighted by molar-refractivity contribution is 6.33. The van der Waals surface area contributed by atoms with Gasteiger partial charge in [0, 0.05) is 24.8 Å². The van der Waals surface area contributed by atoms with Gasteiger partial charge in [0.15, 0.2) is 0 Å². The molecule has 0 aliphatic carbocycles. The van der Waals surface area contributed by atoms with Crippen molar-refractivity contribution in [1.29, 1.82) is 0 Å². The number of nitrogens with zero attached hydrogens (tertiary/aromatic N) is 1. The molecule has 3 unspecified atom stereocenters. The fourth-order valence-electron chi connectivity index (χ4n) is 3.70. The molecule has 4 nitrogen and oxygen atoms in total. The molecule has 0 aromatic heterocycles. The van der Waals surface area contributed by atoms with Crippen molar-refractivity contribution in [3.8, 4) is 0 Å². The van der Waals surface area contributed by atoms with E-state index in [9.17, 15) is 4.79 Å². The van der Waals surface area contributed by atoms with Crippen LogP contribution in [0.4, 0.5) is 11.4 Å². The Bertz CT molecular complexity index is 574. The minimum atomic E-state index is 0.0531. The molecule has 106 valence electrons. The van der Waals surface area contributed by atoms with Crippen LogP contribution < -0.4 is 10.6 Å². The number of carbonyl (C=O) groups excluding carboxylic acids is 1. The molecule has 1 amide bonds. The number of amides is 1. The lowest BCUT2D eigenvalue weighted by molar-refractivity contribution is -0.115. The molecule has 4 rings (SSSR count). The lowest BCUT2D eigenvalue weighted by Crippen LogP contribution is -2.39. The summed E-state index contributed by atoms with van der Waals surface area (Å²) in [4.78, 5) is 14.0. The third kappa shape index (κ3) is 2.07. The second-order valence-corrected chi connectivity index (χ2v) is 6.51. The fourth-order valence-corrected chi connectivity index (χ4v) is 3.92. The Morgan fingerprint density at radius 1 is 1.30 bits per heavy atom. The smallest absolute Gasteiger partial charge is 0.228 e. The van der Waals surface area contributed by atoms with Crippen LogP contribution in [0, 0.1) is 5.92 Å². The van der Waals surface area contributed by atoms with Gasteiger partial charge in [-0.15, -0.1) is 0 Å². The van der Waals surface area contributed by atoms with Gasteiger partial charge >= 0.3 is 0 Å². The Labute approximate surface area is 123 Å². The molecule has 2 saturated heterocycles. The Morgan fingerprint density at radius 3 is 3.05 bits per heavy atom. The molecule has 1 aromatic carbocycles. The number of fused-ring (bicyclic) bond motifs is 3. The molecule has 2 bridgehead atoms. The van der Waals surface area contributed by atoms with E-state index in [1.807, 2.05) is 12.1 Å². The largest absolute Gasteiger partial charge is 0.381 e. The van der Waals surface area contributed by atoms with Gasteiger partial charge in [-0.25, -0.2) is 0 Å². The van der Waals surface area contributed by atoms with Crippen molar-refractivity contribution >= 4 is 28.9 Å². The number of halogens is 1. The summed E-state index contributed by atoms with van der Waals surface area (Å²) >= 11 is 6.35. The Balaban J connectivity index is 1.57. The van der Waals surface area contributed by atoms with E-state index in [0.29, 0.717) is 17.5 Å². The molecule has 2 fully saturated rings.